The van der Waals surface area contributed by atoms with Crippen molar-refractivity contribution in [2.45, 2.75) is 19.8 Å². The van der Waals surface area contributed by atoms with Crippen LogP contribution in [0.5, 0.6) is 0 Å². The van der Waals surface area contributed by atoms with Gasteiger partial charge in [-0.3, -0.25) is 0 Å². The number of hydrogen-bond donors (Lipinski definition) is 0. The highest BCUT2D eigenvalue weighted by Gasteiger charge is 2.09. The molecule has 2 aromatic heterocycles. The number of hydrogen-bond acceptors (Lipinski definition) is 2. The van der Waals surface area contributed by atoms with Crippen molar-refractivity contribution in [1.29, 1.82) is 0 Å². The van der Waals surface area contributed by atoms with E-state index in [-0.39, 0.29) is 0 Å². The third kappa shape index (κ3) is 3.13. The molecule has 25 heavy (non-hydrogen) atoms. The predicted octanol–water partition coefficient (Wildman–Crippen LogP) is 5.92. The molecule has 4 aromatic rings. The third-order valence-corrected chi connectivity index (χ3v) is 4.44. The molecular weight excluding hydrogens is 308 g/mol. The highest BCUT2D eigenvalue weighted by Crippen LogP contribution is 2.27. The lowest BCUT2D eigenvalue weighted by atomic mass is 10.0. The summed E-state index contributed by atoms with van der Waals surface area (Å²) in [7, 11) is 0. The first-order valence-corrected chi connectivity index (χ1v) is 8.51. The first-order valence-electron chi connectivity index (χ1n) is 8.51. The SMILES string of the molecule is CC(C)c1ccc(-c2cc(-c3ccc(-n4cccc4)cc3)on2)cc1. The van der Waals surface area contributed by atoms with Gasteiger partial charge in [0.25, 0.3) is 0 Å². The minimum atomic E-state index is 0.528. The Balaban J connectivity index is 1.58. The molecule has 0 aliphatic heterocycles. The Morgan fingerprint density at radius 2 is 1.48 bits per heavy atom. The van der Waals surface area contributed by atoms with Crippen LogP contribution in [-0.4, -0.2) is 9.72 Å². The molecule has 0 saturated carbocycles. The van der Waals surface area contributed by atoms with Crippen molar-refractivity contribution < 1.29 is 4.52 Å². The van der Waals surface area contributed by atoms with Gasteiger partial charge in [-0.05, 0) is 47.9 Å². The Morgan fingerprint density at radius 1 is 0.840 bits per heavy atom. The van der Waals surface area contributed by atoms with Gasteiger partial charge in [0.05, 0.1) is 0 Å². The van der Waals surface area contributed by atoms with Gasteiger partial charge in [0.2, 0.25) is 0 Å². The van der Waals surface area contributed by atoms with Crippen LogP contribution in [0.2, 0.25) is 0 Å². The van der Waals surface area contributed by atoms with Crippen molar-refractivity contribution in [3.8, 4) is 28.3 Å². The zero-order chi connectivity index (χ0) is 17.2. The Labute approximate surface area is 147 Å². The second-order valence-corrected chi connectivity index (χ2v) is 6.49. The topological polar surface area (TPSA) is 31.0 Å². The molecule has 0 atom stereocenters. The van der Waals surface area contributed by atoms with Crippen molar-refractivity contribution in [2.24, 2.45) is 0 Å². The molecule has 4 rings (SSSR count). The first kappa shape index (κ1) is 15.5. The van der Waals surface area contributed by atoms with Gasteiger partial charge in [-0.15, -0.1) is 0 Å². The van der Waals surface area contributed by atoms with Crippen molar-refractivity contribution >= 4 is 0 Å². The van der Waals surface area contributed by atoms with Crippen LogP contribution >= 0.6 is 0 Å². The summed E-state index contributed by atoms with van der Waals surface area (Å²) in [5, 5.41) is 4.23. The van der Waals surface area contributed by atoms with E-state index in [1.807, 2.05) is 30.6 Å². The molecule has 3 heteroatoms. The van der Waals surface area contributed by atoms with Crippen LogP contribution in [-0.2, 0) is 0 Å². The minimum Gasteiger partial charge on any atom is -0.356 e. The normalized spacial score (nSPS) is 11.2. The fraction of sp³-hybridized carbons (Fsp3) is 0.136. The van der Waals surface area contributed by atoms with E-state index >= 15 is 0 Å². The maximum Gasteiger partial charge on any atom is 0.167 e. The van der Waals surface area contributed by atoms with Crippen molar-refractivity contribution in [2.75, 3.05) is 0 Å². The van der Waals surface area contributed by atoms with Gasteiger partial charge >= 0.3 is 0 Å². The van der Waals surface area contributed by atoms with E-state index in [2.05, 4.69) is 72.1 Å². The fourth-order valence-electron chi connectivity index (χ4n) is 2.89. The van der Waals surface area contributed by atoms with E-state index in [9.17, 15) is 0 Å². The summed E-state index contributed by atoms with van der Waals surface area (Å²) in [6.45, 7) is 4.39. The second-order valence-electron chi connectivity index (χ2n) is 6.49. The number of benzene rings is 2. The van der Waals surface area contributed by atoms with Crippen LogP contribution in [0.25, 0.3) is 28.3 Å². The zero-order valence-electron chi connectivity index (χ0n) is 14.4. The molecule has 0 aliphatic carbocycles. The van der Waals surface area contributed by atoms with Gasteiger partial charge in [-0.2, -0.15) is 0 Å². The average molecular weight is 328 g/mol. The maximum atomic E-state index is 5.56. The van der Waals surface area contributed by atoms with Crippen LogP contribution in [0, 0.1) is 0 Å². The molecule has 2 aromatic carbocycles. The monoisotopic (exact) mass is 328 g/mol. The van der Waals surface area contributed by atoms with Crippen molar-refractivity contribution in [3.05, 3.63) is 84.7 Å². The molecule has 0 N–H and O–H groups in total. The summed E-state index contributed by atoms with van der Waals surface area (Å²) >= 11 is 0. The van der Waals surface area contributed by atoms with Gasteiger partial charge < -0.3 is 9.09 Å². The van der Waals surface area contributed by atoms with Gasteiger partial charge in [-0.25, -0.2) is 0 Å². The lowest BCUT2D eigenvalue weighted by Crippen LogP contribution is -1.88. The smallest absolute Gasteiger partial charge is 0.167 e. The maximum absolute atomic E-state index is 5.56. The van der Waals surface area contributed by atoms with E-state index in [0.717, 1.165) is 28.3 Å². The predicted molar refractivity (Wildman–Crippen MR) is 101 cm³/mol. The lowest BCUT2D eigenvalue weighted by Gasteiger charge is -2.05. The number of rotatable bonds is 4. The molecular formula is C22H20N2O. The molecule has 0 bridgehead atoms. The molecule has 0 radical (unpaired) electrons. The summed E-state index contributed by atoms with van der Waals surface area (Å²) in [5.41, 5.74) is 5.41. The summed E-state index contributed by atoms with van der Waals surface area (Å²) < 4.78 is 7.63. The van der Waals surface area contributed by atoms with Crippen LogP contribution in [0.3, 0.4) is 0 Å². The summed E-state index contributed by atoms with van der Waals surface area (Å²) in [6, 6.07) is 22.8. The Morgan fingerprint density at radius 3 is 2.12 bits per heavy atom. The molecule has 0 saturated heterocycles. The number of nitrogens with zero attached hydrogens (tertiary/aromatic N) is 2. The van der Waals surface area contributed by atoms with Crippen LogP contribution in [0.15, 0.2) is 83.6 Å². The lowest BCUT2D eigenvalue weighted by molar-refractivity contribution is 0.435. The summed E-state index contributed by atoms with van der Waals surface area (Å²) in [6.07, 6.45) is 4.06. The van der Waals surface area contributed by atoms with Gasteiger partial charge in [0.15, 0.2) is 5.76 Å². The molecule has 0 unspecified atom stereocenters. The standard InChI is InChI=1S/C22H20N2O/c1-16(2)17-5-7-18(8-6-17)21-15-22(25-23-21)19-9-11-20(12-10-19)24-13-3-4-14-24/h3-16H,1-2H3. The van der Waals surface area contributed by atoms with E-state index in [0.29, 0.717) is 5.92 Å². The molecule has 124 valence electrons. The van der Waals surface area contributed by atoms with E-state index in [1.165, 1.54) is 5.56 Å². The third-order valence-electron chi connectivity index (χ3n) is 4.44. The fourth-order valence-corrected chi connectivity index (χ4v) is 2.89. The number of aromatic nitrogens is 2. The van der Waals surface area contributed by atoms with E-state index in [4.69, 9.17) is 4.52 Å². The highest BCUT2D eigenvalue weighted by atomic mass is 16.5. The summed E-state index contributed by atoms with van der Waals surface area (Å²) in [4.78, 5) is 0. The molecule has 0 fully saturated rings. The minimum absolute atomic E-state index is 0.528. The van der Waals surface area contributed by atoms with Crippen LogP contribution in [0.1, 0.15) is 25.3 Å². The van der Waals surface area contributed by atoms with E-state index in [1.54, 1.807) is 0 Å². The first-order chi connectivity index (χ1) is 12.2. The summed E-state index contributed by atoms with van der Waals surface area (Å²) in [5.74, 6) is 1.31. The van der Waals surface area contributed by atoms with Gasteiger partial charge in [0.1, 0.15) is 5.69 Å². The molecule has 0 spiro atoms. The molecule has 2 heterocycles. The van der Waals surface area contributed by atoms with Gasteiger partial charge in [-0.1, -0.05) is 43.3 Å². The largest absolute Gasteiger partial charge is 0.356 e. The van der Waals surface area contributed by atoms with E-state index < -0.39 is 0 Å². The second kappa shape index (κ2) is 6.44. The van der Waals surface area contributed by atoms with Gasteiger partial charge in [0, 0.05) is 35.3 Å². The van der Waals surface area contributed by atoms with Crippen LogP contribution < -0.4 is 0 Å². The highest BCUT2D eigenvalue weighted by molar-refractivity contribution is 5.67. The molecule has 0 aliphatic rings. The zero-order valence-corrected chi connectivity index (χ0v) is 14.4. The Hall–Kier alpha value is -3.07. The average Bonchev–Trinajstić information content (AvgIpc) is 3.34. The van der Waals surface area contributed by atoms with Crippen molar-refractivity contribution in [3.63, 3.8) is 0 Å². The molecule has 0 amide bonds. The quantitative estimate of drug-likeness (QED) is 0.465. The Kier molecular flexibility index (Phi) is 3.98. The van der Waals surface area contributed by atoms with Crippen LogP contribution in [0.4, 0.5) is 0 Å². The van der Waals surface area contributed by atoms with Crippen molar-refractivity contribution in [1.82, 2.24) is 9.72 Å². The Bertz CT molecular complexity index is 946. The molecule has 3 nitrogen and oxygen atoms in total.